The van der Waals surface area contributed by atoms with Crippen LogP contribution in [-0.2, 0) is 33.3 Å². The third-order valence-corrected chi connectivity index (χ3v) is 11.9. The number of likely N-dealkylation sites (N-methyl/N-ethyl adjacent to an activating group) is 1. The summed E-state index contributed by atoms with van der Waals surface area (Å²) in [5.74, 6) is -2.32. The molecule has 0 aromatic heterocycles. The summed E-state index contributed by atoms with van der Waals surface area (Å²) >= 11 is 0. The number of quaternary nitrogens is 1. The summed E-state index contributed by atoms with van der Waals surface area (Å²) in [6.45, 7) is 4.57. The molecule has 9 nitrogen and oxygen atoms in total. The number of rotatable bonds is 52. The Hall–Kier alpha value is -4.31. The molecule has 0 spiro atoms. The molecule has 0 amide bonds. The van der Waals surface area contributed by atoms with Crippen molar-refractivity contribution in [3.63, 3.8) is 0 Å². The summed E-state index contributed by atoms with van der Waals surface area (Å²) in [6, 6.07) is 0. The lowest BCUT2D eigenvalue weighted by atomic mass is 10.1. The minimum Gasteiger partial charge on any atom is -0.545 e. The first-order chi connectivity index (χ1) is 36.1. The number of hydrogen-bond donors (Lipinski definition) is 0. The first-order valence-electron chi connectivity index (χ1n) is 29.2. The normalized spacial score (nSPS) is 13.7. The largest absolute Gasteiger partial charge is 0.545 e. The first kappa shape index (κ1) is 69.7. The standard InChI is InChI=1S/C65H107NO8/c1-6-8-10-12-14-16-18-20-21-22-23-24-25-26-27-28-29-30-31-32-33-34-35-36-37-38-39-40-41-42-43-44-46-48-50-52-54-56-63(68)74-61(60-73-65(64(69)70)71-58-57-66(3,4)5)59-72-62(67)55-53-51-49-47-45-19-17-15-13-11-9-7-2/h8,10,14-17,20-21,23-24,26-27,29-30,32-33,35-36,38-39,61,65H,6-7,9,11-13,18-19,22,25,28,31,34,37,40-60H2,1-5H3/b10-8-,16-14-,17-15-,21-20-,24-23-,27-26-,30-29-,33-32-,36-35-,39-38-. The van der Waals surface area contributed by atoms with Gasteiger partial charge in [-0.1, -0.05) is 212 Å². The van der Waals surface area contributed by atoms with Crippen LogP contribution in [0.25, 0.3) is 0 Å². The van der Waals surface area contributed by atoms with Crippen LogP contribution in [0.1, 0.15) is 213 Å². The summed E-state index contributed by atoms with van der Waals surface area (Å²) in [6.07, 6.45) is 74.0. The highest BCUT2D eigenvalue weighted by Crippen LogP contribution is 2.14. The number of nitrogens with zero attached hydrogens (tertiary/aromatic N) is 1. The van der Waals surface area contributed by atoms with Crippen LogP contribution in [0.5, 0.6) is 0 Å². The van der Waals surface area contributed by atoms with Gasteiger partial charge in [0.15, 0.2) is 12.4 Å². The molecule has 0 aliphatic carbocycles. The van der Waals surface area contributed by atoms with Gasteiger partial charge in [-0.15, -0.1) is 0 Å². The van der Waals surface area contributed by atoms with Crippen LogP contribution in [0.2, 0.25) is 0 Å². The van der Waals surface area contributed by atoms with Crippen LogP contribution in [0.15, 0.2) is 122 Å². The Kier molecular flexibility index (Phi) is 51.7. The second-order valence-electron chi connectivity index (χ2n) is 20.2. The van der Waals surface area contributed by atoms with E-state index in [0.29, 0.717) is 17.4 Å². The van der Waals surface area contributed by atoms with Crippen LogP contribution < -0.4 is 5.11 Å². The molecule has 2 atom stereocenters. The third kappa shape index (κ3) is 55.4. The molecule has 9 heteroatoms. The number of allylic oxidation sites excluding steroid dienone is 20. The van der Waals surface area contributed by atoms with Crippen molar-refractivity contribution in [3.8, 4) is 0 Å². The van der Waals surface area contributed by atoms with Crippen molar-refractivity contribution in [2.45, 2.75) is 225 Å². The number of hydrogen-bond acceptors (Lipinski definition) is 8. The minimum absolute atomic E-state index is 0.140. The van der Waals surface area contributed by atoms with Gasteiger partial charge in [-0.05, 0) is 109 Å². The second kappa shape index (κ2) is 54.9. The van der Waals surface area contributed by atoms with Crippen LogP contribution in [-0.4, -0.2) is 82.3 Å². The summed E-state index contributed by atoms with van der Waals surface area (Å²) in [4.78, 5) is 37.2. The smallest absolute Gasteiger partial charge is 0.306 e. The lowest BCUT2D eigenvalue weighted by molar-refractivity contribution is -0.870. The van der Waals surface area contributed by atoms with E-state index in [1.165, 1.54) is 51.4 Å². The number of ether oxygens (including phenoxy) is 4. The van der Waals surface area contributed by atoms with E-state index in [0.717, 1.165) is 128 Å². The second-order valence-corrected chi connectivity index (χ2v) is 20.2. The van der Waals surface area contributed by atoms with Crippen molar-refractivity contribution in [3.05, 3.63) is 122 Å². The van der Waals surface area contributed by atoms with Gasteiger partial charge in [0.1, 0.15) is 13.2 Å². The van der Waals surface area contributed by atoms with Crippen molar-refractivity contribution < 1.29 is 42.9 Å². The summed E-state index contributed by atoms with van der Waals surface area (Å²) < 4.78 is 22.6. The number of carbonyl (C=O) groups is 3. The van der Waals surface area contributed by atoms with Crippen molar-refractivity contribution >= 4 is 17.9 Å². The van der Waals surface area contributed by atoms with Gasteiger partial charge in [-0.25, -0.2) is 0 Å². The van der Waals surface area contributed by atoms with E-state index >= 15 is 0 Å². The van der Waals surface area contributed by atoms with Gasteiger partial charge in [0.2, 0.25) is 0 Å². The topological polar surface area (TPSA) is 111 Å². The summed E-state index contributed by atoms with van der Waals surface area (Å²) in [7, 11) is 5.90. The molecule has 0 heterocycles. The number of carboxylic acids is 1. The Morgan fingerprint density at radius 2 is 0.770 bits per heavy atom. The Balaban J connectivity index is 4.17. The monoisotopic (exact) mass is 1030 g/mol. The van der Waals surface area contributed by atoms with Gasteiger partial charge in [0, 0.05) is 12.8 Å². The van der Waals surface area contributed by atoms with Gasteiger partial charge in [0.25, 0.3) is 0 Å². The molecule has 0 radical (unpaired) electrons. The molecular weight excluding hydrogens is 923 g/mol. The van der Waals surface area contributed by atoms with Gasteiger partial charge < -0.3 is 33.3 Å². The lowest BCUT2D eigenvalue weighted by Gasteiger charge is -2.26. The lowest BCUT2D eigenvalue weighted by Crippen LogP contribution is -2.44. The predicted molar refractivity (Wildman–Crippen MR) is 310 cm³/mol. The molecule has 0 N–H and O–H groups in total. The third-order valence-electron chi connectivity index (χ3n) is 11.9. The number of unbranched alkanes of at least 4 members (excludes halogenated alkanes) is 17. The molecule has 0 bridgehead atoms. The molecule has 2 unspecified atom stereocenters. The number of carboxylic acid groups (broad SMARTS) is 1. The molecule has 0 fully saturated rings. The van der Waals surface area contributed by atoms with Crippen molar-refractivity contribution in [1.29, 1.82) is 0 Å². The Morgan fingerprint density at radius 3 is 1.16 bits per heavy atom. The number of esters is 2. The Bertz CT molecular complexity index is 1620. The highest BCUT2D eigenvalue weighted by Gasteiger charge is 2.22. The van der Waals surface area contributed by atoms with Gasteiger partial charge in [-0.2, -0.15) is 0 Å². The number of aliphatic carboxylic acids is 1. The zero-order valence-corrected chi connectivity index (χ0v) is 47.7. The maximum atomic E-state index is 12.8. The fourth-order valence-corrected chi connectivity index (χ4v) is 7.46. The molecule has 0 saturated heterocycles. The van der Waals surface area contributed by atoms with E-state index in [1.54, 1.807) is 0 Å². The average molecular weight is 1030 g/mol. The predicted octanol–water partition coefficient (Wildman–Crippen LogP) is 16.0. The summed E-state index contributed by atoms with van der Waals surface area (Å²) in [5, 5.41) is 11.7. The van der Waals surface area contributed by atoms with E-state index in [-0.39, 0.29) is 38.6 Å². The SMILES string of the molecule is CC/C=C\C/C=C\C/C=C\C/C=C\C/C=C\C/C=C\C/C=C\C/C=C\C/C=C\CCCCCCCCCCCC(=O)OC(COC(=O)CCCCCCC/C=C\CCCCC)COC(OCC[N+](C)(C)C)C(=O)[O-]. The molecule has 0 saturated carbocycles. The van der Waals surface area contributed by atoms with Gasteiger partial charge >= 0.3 is 11.9 Å². The maximum Gasteiger partial charge on any atom is 0.306 e. The molecule has 0 aliphatic rings. The van der Waals surface area contributed by atoms with Crippen LogP contribution in [0.4, 0.5) is 0 Å². The van der Waals surface area contributed by atoms with E-state index in [2.05, 4.69) is 135 Å². The minimum atomic E-state index is -1.63. The van der Waals surface area contributed by atoms with E-state index < -0.39 is 24.3 Å². The van der Waals surface area contributed by atoms with Crippen LogP contribution in [0.3, 0.4) is 0 Å². The average Bonchev–Trinajstić information content (AvgIpc) is 3.37. The zero-order chi connectivity index (χ0) is 54.1. The Morgan fingerprint density at radius 1 is 0.419 bits per heavy atom. The number of carbonyl (C=O) groups excluding carboxylic acids is 3. The Labute approximate surface area is 453 Å². The molecular formula is C65H107NO8. The fourth-order valence-electron chi connectivity index (χ4n) is 7.46. The fraction of sp³-hybridized carbons (Fsp3) is 0.646. The maximum absolute atomic E-state index is 12.8. The summed E-state index contributed by atoms with van der Waals surface area (Å²) in [5.41, 5.74) is 0. The zero-order valence-electron chi connectivity index (χ0n) is 47.7. The molecule has 74 heavy (non-hydrogen) atoms. The van der Waals surface area contributed by atoms with E-state index in [4.69, 9.17) is 18.9 Å². The molecule has 0 rings (SSSR count). The first-order valence-corrected chi connectivity index (χ1v) is 29.2. The van der Waals surface area contributed by atoms with Gasteiger partial charge in [0.05, 0.1) is 40.3 Å². The molecule has 0 aromatic carbocycles. The molecule has 0 aliphatic heterocycles. The quantitative estimate of drug-likeness (QED) is 0.0195. The van der Waals surface area contributed by atoms with Gasteiger partial charge in [-0.3, -0.25) is 9.59 Å². The van der Waals surface area contributed by atoms with E-state index in [1.807, 2.05) is 21.1 Å². The highest BCUT2D eigenvalue weighted by atomic mass is 16.7. The van der Waals surface area contributed by atoms with Crippen molar-refractivity contribution in [1.82, 2.24) is 0 Å². The van der Waals surface area contributed by atoms with Crippen molar-refractivity contribution in [2.75, 3.05) is 47.5 Å². The van der Waals surface area contributed by atoms with Crippen LogP contribution in [0, 0.1) is 0 Å². The highest BCUT2D eigenvalue weighted by molar-refractivity contribution is 5.70. The molecule has 420 valence electrons. The molecule has 0 aromatic rings. The van der Waals surface area contributed by atoms with E-state index in [9.17, 15) is 19.5 Å². The van der Waals surface area contributed by atoms with Crippen molar-refractivity contribution in [2.24, 2.45) is 0 Å². The van der Waals surface area contributed by atoms with Crippen LogP contribution >= 0.6 is 0 Å².